The summed E-state index contributed by atoms with van der Waals surface area (Å²) in [5.41, 5.74) is 0. The van der Waals surface area contributed by atoms with Crippen molar-refractivity contribution in [3.63, 3.8) is 0 Å². The molecule has 0 heterocycles. The maximum atomic E-state index is 3.25. The quantitative estimate of drug-likeness (QED) is 0.384. The number of allylic oxidation sites excluding steroid dienone is 4. The molecule has 1 aliphatic carbocycles. The number of rotatable bonds is 0. The van der Waals surface area contributed by atoms with Crippen molar-refractivity contribution >= 4 is 15.6 Å². The molecule has 0 aliphatic heterocycles. The molecule has 0 N–H and O–H groups in total. The second-order valence-corrected chi connectivity index (χ2v) is 3.16. The van der Waals surface area contributed by atoms with Crippen LogP contribution in [0.5, 0.6) is 0 Å². The predicted molar refractivity (Wildman–Crippen MR) is 68.2 cm³/mol. The van der Waals surface area contributed by atoms with Crippen LogP contribution in [0.2, 0.25) is 0 Å². The minimum absolute atomic E-state index is 0. The zero-order valence-electron chi connectivity index (χ0n) is 9.94. The molecular weight excluding hydrogens is 299 g/mol. The molecule has 2 aromatic carbocycles. The molecule has 3 heteroatoms. The minimum Gasteiger partial charge on any atom is -1.00 e. The van der Waals surface area contributed by atoms with Crippen LogP contribution >= 0.6 is 0 Å². The molecule has 0 amide bonds. The molecule has 94 valence electrons. The summed E-state index contributed by atoms with van der Waals surface area (Å²) < 4.78 is 0. The Kier molecular flexibility index (Phi) is 14.2. The first-order valence-electron chi connectivity index (χ1n) is 5.14. The van der Waals surface area contributed by atoms with E-state index in [1.807, 2.05) is 12.2 Å². The molecule has 0 fully saturated rings. The van der Waals surface area contributed by atoms with Crippen molar-refractivity contribution in [2.75, 3.05) is 0 Å². The van der Waals surface area contributed by atoms with E-state index in [1.54, 1.807) is 20.0 Å². The van der Waals surface area contributed by atoms with E-state index in [0.717, 1.165) is 6.42 Å². The van der Waals surface area contributed by atoms with E-state index in [-0.39, 0.29) is 24.8 Å². The Morgan fingerprint density at radius 2 is 1.83 bits per heavy atom. The number of fused-ring (bicyclic) bond motifs is 1. The summed E-state index contributed by atoms with van der Waals surface area (Å²) >= 11 is 1.75. The first-order valence-corrected chi connectivity index (χ1v) is 6.25. The van der Waals surface area contributed by atoms with Gasteiger partial charge in [0, 0.05) is 0 Å². The molecule has 0 radical (unpaired) electrons. The largest absolute Gasteiger partial charge is 1.00 e. The van der Waals surface area contributed by atoms with Gasteiger partial charge in [0.1, 0.15) is 0 Å². The minimum atomic E-state index is 0. The van der Waals surface area contributed by atoms with Gasteiger partial charge in [-0.1, -0.05) is 6.07 Å². The van der Waals surface area contributed by atoms with E-state index in [0.29, 0.717) is 0 Å². The van der Waals surface area contributed by atoms with E-state index in [1.165, 1.54) is 10.8 Å². The van der Waals surface area contributed by atoms with Crippen LogP contribution in [0.15, 0.2) is 60.7 Å². The number of halogens is 2. The Labute approximate surface area is 133 Å². The Balaban J connectivity index is 0. The molecule has 18 heavy (non-hydrogen) atoms. The monoisotopic (exact) mass is 312 g/mol. The van der Waals surface area contributed by atoms with Gasteiger partial charge in [-0.3, -0.25) is 6.08 Å². The molecule has 1 aliphatic rings. The van der Waals surface area contributed by atoms with Crippen molar-refractivity contribution in [2.45, 2.75) is 6.42 Å². The maximum absolute atomic E-state index is 3.25. The van der Waals surface area contributed by atoms with Crippen molar-refractivity contribution < 1.29 is 44.8 Å². The first kappa shape index (κ1) is 19.8. The van der Waals surface area contributed by atoms with Gasteiger partial charge in [0.2, 0.25) is 0 Å². The molecular formula is C15H14Cl2Ti-2. The molecule has 0 spiro atoms. The van der Waals surface area contributed by atoms with Crippen molar-refractivity contribution in [2.24, 2.45) is 0 Å². The average Bonchev–Trinajstić information content (AvgIpc) is 3.06. The standard InChI is InChI=1S/C9H7.C5H5.CH2.2ClH.Ti/c1-2-5-9-7-3-6-8(9)4-1;1-2-4-5-3-1;;;;/h1-7H;1-3H,4H2;1H2;2*1H;/q2*-1;;;;+2/p-2. The van der Waals surface area contributed by atoms with Gasteiger partial charge in [0.15, 0.2) is 0 Å². The summed E-state index contributed by atoms with van der Waals surface area (Å²) in [6, 6.07) is 14.7. The zero-order chi connectivity index (χ0) is 11.6. The topological polar surface area (TPSA) is 0 Å². The Morgan fingerprint density at radius 3 is 2.33 bits per heavy atom. The van der Waals surface area contributed by atoms with Gasteiger partial charge in [0.25, 0.3) is 0 Å². The number of hydrogen-bond acceptors (Lipinski definition) is 0. The third kappa shape index (κ3) is 7.03. The fourth-order valence-electron chi connectivity index (χ4n) is 1.41. The van der Waals surface area contributed by atoms with Crippen LogP contribution in [0, 0.1) is 6.08 Å². The molecule has 2 aromatic rings. The fraction of sp³-hybridized carbons (Fsp3) is 0.0667. The second-order valence-electron chi connectivity index (χ2n) is 3.16. The van der Waals surface area contributed by atoms with Gasteiger partial charge < -0.3 is 24.8 Å². The van der Waals surface area contributed by atoms with Crippen LogP contribution in [-0.2, 0) is 20.0 Å². The second kappa shape index (κ2) is 12.9. The summed E-state index contributed by atoms with van der Waals surface area (Å²) in [6.07, 6.45) is 10.0. The average molecular weight is 313 g/mol. The number of hydrogen-bond donors (Lipinski definition) is 0. The van der Waals surface area contributed by atoms with Gasteiger partial charge in [-0.2, -0.15) is 23.6 Å². The third-order valence-corrected chi connectivity index (χ3v) is 2.13. The van der Waals surface area contributed by atoms with Crippen LogP contribution < -0.4 is 24.8 Å². The van der Waals surface area contributed by atoms with E-state index in [9.17, 15) is 0 Å². The van der Waals surface area contributed by atoms with Crippen molar-refractivity contribution in [3.8, 4) is 0 Å². The Morgan fingerprint density at radius 1 is 1.11 bits per heavy atom. The van der Waals surface area contributed by atoms with Gasteiger partial charge >= 0.3 is 24.8 Å². The number of benzene rings is 1. The van der Waals surface area contributed by atoms with Crippen LogP contribution in [0.3, 0.4) is 0 Å². The Hall–Kier alpha value is -0.526. The molecule has 0 aromatic heterocycles. The third-order valence-electron chi connectivity index (χ3n) is 2.13. The molecule has 0 unspecified atom stereocenters. The van der Waals surface area contributed by atoms with E-state index >= 15 is 0 Å². The van der Waals surface area contributed by atoms with Crippen LogP contribution in [0.1, 0.15) is 6.42 Å². The fourth-order valence-corrected chi connectivity index (χ4v) is 1.41. The molecule has 3 rings (SSSR count). The molecule has 0 atom stereocenters. The summed E-state index contributed by atoms with van der Waals surface area (Å²) in [6.45, 7) is 0. The summed E-state index contributed by atoms with van der Waals surface area (Å²) in [5.74, 6) is 0. The zero-order valence-corrected chi connectivity index (χ0v) is 13.0. The molecule has 0 saturated carbocycles. The Bertz CT molecular complexity index is 432. The molecule has 0 nitrogen and oxygen atoms in total. The van der Waals surface area contributed by atoms with Gasteiger partial charge in [-0.15, -0.1) is 36.1 Å². The van der Waals surface area contributed by atoms with Gasteiger partial charge in [0.05, 0.1) is 0 Å². The van der Waals surface area contributed by atoms with Crippen LogP contribution in [0.4, 0.5) is 0 Å². The van der Waals surface area contributed by atoms with Crippen molar-refractivity contribution in [1.82, 2.24) is 0 Å². The van der Waals surface area contributed by atoms with Crippen LogP contribution in [0.25, 0.3) is 10.8 Å². The molecule has 0 saturated heterocycles. The van der Waals surface area contributed by atoms with Crippen molar-refractivity contribution in [1.29, 1.82) is 0 Å². The van der Waals surface area contributed by atoms with E-state index in [4.69, 9.17) is 0 Å². The first-order chi connectivity index (χ1) is 7.97. The summed E-state index contributed by atoms with van der Waals surface area (Å²) in [7, 11) is 0. The maximum Gasteiger partial charge on any atom is -0.0809 e. The SMILES string of the molecule is [C-]1=CC=CC1.[CH2]=[Ti+2].[Cl-].[Cl-].c1ccc2[cH-]ccc2c1. The van der Waals surface area contributed by atoms with Gasteiger partial charge in [-0.25, -0.2) is 12.2 Å². The van der Waals surface area contributed by atoms with Crippen molar-refractivity contribution in [3.05, 3.63) is 66.8 Å². The normalized spacial score (nSPS) is 10.3. The molecule has 0 bridgehead atoms. The summed E-state index contributed by atoms with van der Waals surface area (Å²) in [5, 5.41) is 2.66. The van der Waals surface area contributed by atoms with Crippen LogP contribution in [-0.4, -0.2) is 4.82 Å². The van der Waals surface area contributed by atoms with E-state index < -0.39 is 0 Å². The van der Waals surface area contributed by atoms with Gasteiger partial charge in [-0.05, 0) is 0 Å². The predicted octanol–water partition coefficient (Wildman–Crippen LogP) is -2.16. The summed E-state index contributed by atoms with van der Waals surface area (Å²) in [4.78, 5) is 3.25. The van der Waals surface area contributed by atoms with E-state index in [2.05, 4.69) is 59.4 Å². The smallest absolute Gasteiger partial charge is 0.0809 e.